The van der Waals surface area contributed by atoms with Crippen LogP contribution in [0.15, 0.2) is 72.8 Å². The summed E-state index contributed by atoms with van der Waals surface area (Å²) < 4.78 is 0. The van der Waals surface area contributed by atoms with Crippen LogP contribution in [0, 0.1) is 0 Å². The number of hydrogen-bond acceptors (Lipinski definition) is 2. The fourth-order valence-corrected chi connectivity index (χ4v) is 2.67. The number of Topliss-reactive ketones (excluding diaryl/α,β-unsaturated/α-hetero) is 1. The maximum atomic E-state index is 12.2. The van der Waals surface area contributed by atoms with Crippen LogP contribution in [0.4, 0.5) is 0 Å². The summed E-state index contributed by atoms with van der Waals surface area (Å²) in [4.78, 5) is 12.2. The summed E-state index contributed by atoms with van der Waals surface area (Å²) >= 11 is 0. The molecule has 0 radical (unpaired) electrons. The molecule has 0 spiro atoms. The highest BCUT2D eigenvalue weighted by Gasteiger charge is 2.36. The molecule has 0 fully saturated rings. The minimum absolute atomic E-state index is 0.288. The minimum Gasteiger partial charge on any atom is -0.373 e. The summed E-state index contributed by atoms with van der Waals surface area (Å²) in [5.74, 6) is -0.288. The van der Waals surface area contributed by atoms with Crippen LogP contribution in [0.5, 0.6) is 0 Å². The quantitative estimate of drug-likeness (QED) is 0.792. The number of carbonyl (C=O) groups excluding carboxylic acids is 1. The predicted octanol–water partition coefficient (Wildman–Crippen LogP) is 3.66. The fraction of sp³-hybridized carbons (Fsp3) is 0.105. The number of rotatable bonds is 3. The van der Waals surface area contributed by atoms with Crippen LogP contribution in [-0.4, -0.2) is 10.9 Å². The molecule has 0 aliphatic heterocycles. The molecule has 104 valence electrons. The molecular formula is C19H16O2. The molecule has 1 unspecified atom stereocenters. The number of benzene rings is 3. The molecule has 2 nitrogen and oxygen atoms in total. The Balaban J connectivity index is 2.22. The van der Waals surface area contributed by atoms with Gasteiger partial charge in [0.1, 0.15) is 0 Å². The molecule has 0 saturated heterocycles. The third-order valence-corrected chi connectivity index (χ3v) is 3.87. The van der Waals surface area contributed by atoms with Crippen molar-refractivity contribution in [1.82, 2.24) is 0 Å². The topological polar surface area (TPSA) is 37.3 Å². The van der Waals surface area contributed by atoms with Crippen molar-refractivity contribution in [3.05, 3.63) is 83.9 Å². The molecule has 1 atom stereocenters. The summed E-state index contributed by atoms with van der Waals surface area (Å²) in [6, 6.07) is 22.6. The SMILES string of the molecule is CC(=O)C(O)(c1ccccc1)c1ccc2ccccc2c1. The Kier molecular flexibility index (Phi) is 3.32. The zero-order valence-electron chi connectivity index (χ0n) is 11.8. The molecule has 0 aliphatic rings. The van der Waals surface area contributed by atoms with Crippen molar-refractivity contribution in [3.63, 3.8) is 0 Å². The maximum absolute atomic E-state index is 12.2. The summed E-state index contributed by atoms with van der Waals surface area (Å²) in [5, 5.41) is 13.1. The predicted molar refractivity (Wildman–Crippen MR) is 84.1 cm³/mol. The Morgan fingerprint density at radius 3 is 2.10 bits per heavy atom. The largest absolute Gasteiger partial charge is 0.373 e. The number of ketones is 1. The van der Waals surface area contributed by atoms with E-state index in [-0.39, 0.29) is 5.78 Å². The lowest BCUT2D eigenvalue weighted by Gasteiger charge is -2.26. The van der Waals surface area contributed by atoms with E-state index >= 15 is 0 Å². The van der Waals surface area contributed by atoms with Crippen LogP contribution in [0.25, 0.3) is 10.8 Å². The fourth-order valence-electron chi connectivity index (χ4n) is 2.67. The van der Waals surface area contributed by atoms with Crippen molar-refractivity contribution in [2.24, 2.45) is 0 Å². The maximum Gasteiger partial charge on any atom is 0.173 e. The molecule has 0 heterocycles. The number of fused-ring (bicyclic) bond motifs is 1. The van der Waals surface area contributed by atoms with Crippen LogP contribution in [-0.2, 0) is 10.4 Å². The van der Waals surface area contributed by atoms with E-state index in [0.717, 1.165) is 10.8 Å². The summed E-state index contributed by atoms with van der Waals surface area (Å²) in [5.41, 5.74) is -0.418. The van der Waals surface area contributed by atoms with Crippen molar-refractivity contribution in [1.29, 1.82) is 0 Å². The first-order valence-corrected chi connectivity index (χ1v) is 6.90. The minimum atomic E-state index is -1.61. The van der Waals surface area contributed by atoms with E-state index < -0.39 is 5.60 Å². The molecule has 0 saturated carbocycles. The van der Waals surface area contributed by atoms with Gasteiger partial charge < -0.3 is 5.11 Å². The molecular weight excluding hydrogens is 260 g/mol. The van der Waals surface area contributed by atoms with Gasteiger partial charge in [0.15, 0.2) is 11.4 Å². The van der Waals surface area contributed by atoms with Gasteiger partial charge in [0, 0.05) is 0 Å². The second kappa shape index (κ2) is 5.15. The van der Waals surface area contributed by atoms with Crippen LogP contribution in [0.1, 0.15) is 18.1 Å². The third kappa shape index (κ3) is 2.24. The molecule has 1 N–H and O–H groups in total. The molecule has 3 aromatic carbocycles. The first kappa shape index (κ1) is 13.5. The second-order valence-electron chi connectivity index (χ2n) is 5.19. The van der Waals surface area contributed by atoms with E-state index in [1.54, 1.807) is 12.1 Å². The van der Waals surface area contributed by atoms with Crippen LogP contribution in [0.3, 0.4) is 0 Å². The molecule has 0 bridgehead atoms. The van der Waals surface area contributed by atoms with Crippen LogP contribution < -0.4 is 0 Å². The zero-order chi connectivity index (χ0) is 14.9. The Morgan fingerprint density at radius 2 is 1.43 bits per heavy atom. The molecule has 2 heteroatoms. The van der Waals surface area contributed by atoms with Gasteiger partial charge in [-0.15, -0.1) is 0 Å². The Hall–Kier alpha value is -2.45. The van der Waals surface area contributed by atoms with Gasteiger partial charge in [-0.2, -0.15) is 0 Å². The normalized spacial score (nSPS) is 13.8. The van der Waals surface area contributed by atoms with Gasteiger partial charge in [-0.05, 0) is 34.9 Å². The molecule has 0 aromatic heterocycles. The number of carbonyl (C=O) groups is 1. The Bertz CT molecular complexity index is 793. The van der Waals surface area contributed by atoms with Gasteiger partial charge >= 0.3 is 0 Å². The monoisotopic (exact) mass is 276 g/mol. The highest BCUT2D eigenvalue weighted by molar-refractivity contribution is 5.92. The molecule has 3 rings (SSSR count). The first-order valence-electron chi connectivity index (χ1n) is 6.90. The lowest BCUT2D eigenvalue weighted by Crippen LogP contribution is -2.35. The second-order valence-corrected chi connectivity index (χ2v) is 5.19. The highest BCUT2D eigenvalue weighted by Crippen LogP contribution is 2.32. The smallest absolute Gasteiger partial charge is 0.173 e. The summed E-state index contributed by atoms with van der Waals surface area (Å²) in [6.07, 6.45) is 0. The average molecular weight is 276 g/mol. The van der Waals surface area contributed by atoms with Crippen molar-refractivity contribution in [3.8, 4) is 0 Å². The van der Waals surface area contributed by atoms with Gasteiger partial charge in [0.2, 0.25) is 0 Å². The molecule has 0 aliphatic carbocycles. The molecule has 0 amide bonds. The van der Waals surface area contributed by atoms with Crippen LogP contribution in [0.2, 0.25) is 0 Å². The van der Waals surface area contributed by atoms with E-state index in [4.69, 9.17) is 0 Å². The van der Waals surface area contributed by atoms with Crippen LogP contribution >= 0.6 is 0 Å². The highest BCUT2D eigenvalue weighted by atomic mass is 16.3. The van der Waals surface area contributed by atoms with Gasteiger partial charge in [0.05, 0.1) is 0 Å². The van der Waals surface area contributed by atoms with E-state index in [1.807, 2.05) is 60.7 Å². The molecule has 3 aromatic rings. The van der Waals surface area contributed by atoms with E-state index in [2.05, 4.69) is 0 Å². The van der Waals surface area contributed by atoms with Gasteiger partial charge in [-0.25, -0.2) is 0 Å². The Morgan fingerprint density at radius 1 is 0.810 bits per heavy atom. The first-order chi connectivity index (χ1) is 10.1. The van der Waals surface area contributed by atoms with Gasteiger partial charge in [-0.1, -0.05) is 66.7 Å². The summed E-state index contributed by atoms with van der Waals surface area (Å²) in [6.45, 7) is 1.42. The van der Waals surface area contributed by atoms with Gasteiger partial charge in [0.25, 0.3) is 0 Å². The lowest BCUT2D eigenvalue weighted by atomic mass is 9.82. The number of hydrogen-bond donors (Lipinski definition) is 1. The summed E-state index contributed by atoms with van der Waals surface area (Å²) in [7, 11) is 0. The van der Waals surface area contributed by atoms with Crippen molar-refractivity contribution in [2.45, 2.75) is 12.5 Å². The van der Waals surface area contributed by atoms with Gasteiger partial charge in [-0.3, -0.25) is 4.79 Å². The van der Waals surface area contributed by atoms with E-state index in [0.29, 0.717) is 11.1 Å². The molecule has 21 heavy (non-hydrogen) atoms. The lowest BCUT2D eigenvalue weighted by molar-refractivity contribution is -0.131. The average Bonchev–Trinajstić information content (AvgIpc) is 2.54. The third-order valence-electron chi connectivity index (χ3n) is 3.87. The van der Waals surface area contributed by atoms with E-state index in [1.165, 1.54) is 6.92 Å². The van der Waals surface area contributed by atoms with E-state index in [9.17, 15) is 9.90 Å². The van der Waals surface area contributed by atoms with Crippen molar-refractivity contribution >= 4 is 16.6 Å². The number of aliphatic hydroxyl groups is 1. The standard InChI is InChI=1S/C19H16O2/c1-14(20)19(21,17-9-3-2-4-10-17)18-12-11-15-7-5-6-8-16(15)13-18/h2-13,21H,1H3. The van der Waals surface area contributed by atoms with Crippen molar-refractivity contribution < 1.29 is 9.90 Å². The van der Waals surface area contributed by atoms with Crippen molar-refractivity contribution in [2.75, 3.05) is 0 Å². The zero-order valence-corrected chi connectivity index (χ0v) is 11.8. The Labute approximate surface area is 123 Å².